The molecule has 0 N–H and O–H groups in total. The van der Waals surface area contributed by atoms with Crippen LogP contribution >= 0.6 is 0 Å². The minimum absolute atomic E-state index is 0.367. The molecule has 0 saturated carbocycles. The Morgan fingerprint density at radius 2 is 1.89 bits per heavy atom. The Morgan fingerprint density at radius 1 is 1.16 bits per heavy atom. The summed E-state index contributed by atoms with van der Waals surface area (Å²) in [4.78, 5) is 23.6. The molecule has 0 spiro atoms. The average Bonchev–Trinajstić information content (AvgIpc) is 2.36. The lowest BCUT2D eigenvalue weighted by Gasteiger charge is -2.16. The van der Waals surface area contributed by atoms with Gasteiger partial charge in [0.05, 0.1) is 0 Å². The van der Waals surface area contributed by atoms with Crippen molar-refractivity contribution in [2.75, 3.05) is 0 Å². The van der Waals surface area contributed by atoms with Crippen LogP contribution in [-0.2, 0) is 11.2 Å². The number of allylic oxidation sites excluding steroid dienone is 3. The second-order valence-electron chi connectivity index (χ2n) is 5.17. The van der Waals surface area contributed by atoms with E-state index in [2.05, 4.69) is 19.9 Å². The number of rotatable bonds is 3. The summed E-state index contributed by atoms with van der Waals surface area (Å²) in [5.41, 5.74) is 4.83. The van der Waals surface area contributed by atoms with Crippen LogP contribution in [0.3, 0.4) is 0 Å². The third kappa shape index (κ3) is 2.73. The first-order valence-corrected chi connectivity index (χ1v) is 6.53. The summed E-state index contributed by atoms with van der Waals surface area (Å²) in [6, 6.07) is 3.93. The van der Waals surface area contributed by atoms with Gasteiger partial charge < -0.3 is 0 Å². The molecule has 98 valence electrons. The highest BCUT2D eigenvalue weighted by Crippen LogP contribution is 2.25. The Balaban J connectivity index is 2.43. The van der Waals surface area contributed by atoms with E-state index in [1.807, 2.05) is 19.1 Å². The van der Waals surface area contributed by atoms with Crippen LogP contribution in [0.4, 0.5) is 0 Å². The van der Waals surface area contributed by atoms with Crippen LogP contribution in [0.5, 0.6) is 0 Å². The van der Waals surface area contributed by atoms with Crippen molar-refractivity contribution < 1.29 is 9.59 Å². The van der Waals surface area contributed by atoms with Gasteiger partial charge in [0, 0.05) is 5.56 Å². The number of carbonyl (C=O) groups excluding carboxylic acids is 2. The predicted molar refractivity (Wildman–Crippen MR) is 77.3 cm³/mol. The van der Waals surface area contributed by atoms with E-state index >= 15 is 0 Å². The second-order valence-corrected chi connectivity index (χ2v) is 5.17. The van der Waals surface area contributed by atoms with Crippen molar-refractivity contribution in [3.63, 3.8) is 0 Å². The van der Waals surface area contributed by atoms with Gasteiger partial charge in [0.1, 0.15) is 0 Å². The molecule has 2 nitrogen and oxygen atoms in total. The molecule has 2 heteroatoms. The fraction of sp³-hybridized carbons (Fsp3) is 0.294. The van der Waals surface area contributed by atoms with Crippen LogP contribution < -0.4 is 0 Å². The number of hydrogen-bond donors (Lipinski definition) is 0. The highest BCUT2D eigenvalue weighted by molar-refractivity contribution is 6.50. The van der Waals surface area contributed by atoms with Gasteiger partial charge in [-0.3, -0.25) is 9.59 Å². The number of fused-ring (bicyclic) bond motifs is 1. The predicted octanol–water partition coefficient (Wildman–Crippen LogP) is 3.67. The van der Waals surface area contributed by atoms with Gasteiger partial charge in [-0.25, -0.2) is 0 Å². The van der Waals surface area contributed by atoms with E-state index in [1.54, 1.807) is 6.08 Å². The molecular weight excluding hydrogens is 236 g/mol. The summed E-state index contributed by atoms with van der Waals surface area (Å²) in [6.45, 7) is 6.11. The zero-order chi connectivity index (χ0) is 14.0. The Hall–Kier alpha value is -1.96. The largest absolute Gasteiger partial charge is 0.286 e. The van der Waals surface area contributed by atoms with Gasteiger partial charge in [-0.2, -0.15) is 0 Å². The van der Waals surface area contributed by atoms with Crippen molar-refractivity contribution in [2.24, 2.45) is 0 Å². The Bertz CT molecular complexity index is 600. The lowest BCUT2D eigenvalue weighted by molar-refractivity contribution is -0.110. The molecule has 0 amide bonds. The van der Waals surface area contributed by atoms with Crippen molar-refractivity contribution in [2.45, 2.75) is 33.6 Å². The molecule has 19 heavy (non-hydrogen) atoms. The van der Waals surface area contributed by atoms with Crippen LogP contribution in [0.2, 0.25) is 0 Å². The van der Waals surface area contributed by atoms with E-state index in [-0.39, 0.29) is 5.78 Å². The molecule has 0 aromatic heterocycles. The summed E-state index contributed by atoms with van der Waals surface area (Å²) < 4.78 is 0. The molecule has 0 radical (unpaired) electrons. The van der Waals surface area contributed by atoms with Crippen molar-refractivity contribution in [1.82, 2.24) is 0 Å². The number of benzene rings is 1. The number of ketones is 2. The third-order valence-electron chi connectivity index (χ3n) is 3.39. The number of carbonyl (C=O) groups is 2. The fourth-order valence-corrected chi connectivity index (χ4v) is 2.37. The quantitative estimate of drug-likeness (QED) is 0.609. The topological polar surface area (TPSA) is 34.1 Å². The van der Waals surface area contributed by atoms with E-state index in [0.29, 0.717) is 5.56 Å². The molecule has 0 bridgehead atoms. The van der Waals surface area contributed by atoms with Crippen LogP contribution in [0, 0.1) is 6.92 Å². The molecule has 0 aliphatic heterocycles. The molecular formula is C17H18O2. The Morgan fingerprint density at radius 3 is 2.58 bits per heavy atom. The molecule has 2 rings (SSSR count). The Labute approximate surface area is 113 Å². The van der Waals surface area contributed by atoms with Gasteiger partial charge in [-0.15, -0.1) is 0 Å². The number of Topliss-reactive ketones (excluding diaryl/α,β-unsaturated/α-hetero) is 1. The maximum absolute atomic E-state index is 12.1. The maximum atomic E-state index is 12.1. The minimum Gasteiger partial charge on any atom is -0.286 e. The summed E-state index contributed by atoms with van der Waals surface area (Å²) in [6.07, 6.45) is 6.95. The number of aryl methyl sites for hydroxylation is 1. The van der Waals surface area contributed by atoms with Gasteiger partial charge in [0.25, 0.3) is 0 Å². The number of hydrogen-bond acceptors (Lipinski definition) is 2. The molecule has 1 aliphatic carbocycles. The summed E-state index contributed by atoms with van der Waals surface area (Å²) in [5.74, 6) is -0.782. The van der Waals surface area contributed by atoms with Crippen LogP contribution in [0.25, 0.3) is 6.08 Å². The monoisotopic (exact) mass is 254 g/mol. The van der Waals surface area contributed by atoms with Crippen molar-refractivity contribution in [3.05, 3.63) is 52.1 Å². The lowest BCUT2D eigenvalue weighted by atomic mass is 9.86. The molecule has 0 unspecified atom stereocenters. The van der Waals surface area contributed by atoms with Crippen molar-refractivity contribution in [3.8, 4) is 0 Å². The van der Waals surface area contributed by atoms with E-state index in [1.165, 1.54) is 11.6 Å². The van der Waals surface area contributed by atoms with Crippen LogP contribution in [0.1, 0.15) is 47.3 Å². The smallest absolute Gasteiger partial charge is 0.233 e. The van der Waals surface area contributed by atoms with Gasteiger partial charge in [-0.1, -0.05) is 29.9 Å². The minimum atomic E-state index is -0.415. The molecule has 0 saturated heterocycles. The van der Waals surface area contributed by atoms with E-state index in [9.17, 15) is 9.59 Å². The molecule has 0 heterocycles. The third-order valence-corrected chi connectivity index (χ3v) is 3.39. The first-order chi connectivity index (χ1) is 9.00. The Kier molecular flexibility index (Phi) is 3.79. The van der Waals surface area contributed by atoms with Crippen LogP contribution in [-0.4, -0.2) is 11.6 Å². The summed E-state index contributed by atoms with van der Waals surface area (Å²) in [5, 5.41) is 0. The SMILES string of the molecule is CC(C)=CCCc1c(C)ccc2c1C(=O)C(=O)C=C2. The van der Waals surface area contributed by atoms with Crippen molar-refractivity contribution in [1.29, 1.82) is 0 Å². The fourth-order valence-electron chi connectivity index (χ4n) is 2.37. The van der Waals surface area contributed by atoms with Gasteiger partial charge in [0.15, 0.2) is 0 Å². The highest BCUT2D eigenvalue weighted by atomic mass is 16.2. The van der Waals surface area contributed by atoms with Gasteiger partial charge >= 0.3 is 0 Å². The zero-order valence-corrected chi connectivity index (χ0v) is 11.6. The zero-order valence-electron chi connectivity index (χ0n) is 11.6. The molecule has 0 atom stereocenters. The summed E-state index contributed by atoms with van der Waals surface area (Å²) in [7, 11) is 0. The van der Waals surface area contributed by atoms with E-state index < -0.39 is 5.78 Å². The van der Waals surface area contributed by atoms with Gasteiger partial charge in [-0.05, 0) is 56.4 Å². The highest BCUT2D eigenvalue weighted by Gasteiger charge is 2.24. The first-order valence-electron chi connectivity index (χ1n) is 6.53. The molecule has 1 aromatic carbocycles. The first kappa shape index (κ1) is 13.5. The molecule has 1 aliphatic rings. The summed E-state index contributed by atoms with van der Waals surface area (Å²) >= 11 is 0. The lowest BCUT2D eigenvalue weighted by Crippen LogP contribution is -2.19. The van der Waals surface area contributed by atoms with E-state index in [4.69, 9.17) is 0 Å². The van der Waals surface area contributed by atoms with Crippen LogP contribution in [0.15, 0.2) is 29.9 Å². The van der Waals surface area contributed by atoms with E-state index in [0.717, 1.165) is 29.5 Å². The van der Waals surface area contributed by atoms with Crippen molar-refractivity contribution >= 4 is 17.6 Å². The standard InChI is InChI=1S/C17H18O2/c1-11(2)5-4-6-14-12(3)7-8-13-9-10-15(18)17(19)16(13)14/h5,7-10H,4,6H2,1-3H3. The van der Waals surface area contributed by atoms with Gasteiger partial charge in [0.2, 0.25) is 11.6 Å². The second kappa shape index (κ2) is 5.35. The molecule has 1 aromatic rings. The molecule has 0 fully saturated rings. The maximum Gasteiger partial charge on any atom is 0.233 e. The normalized spacial score (nSPS) is 13.4. The average molecular weight is 254 g/mol.